The molecule has 0 N–H and O–H groups in total. The maximum atomic E-state index is 12.6. The van der Waals surface area contributed by atoms with Crippen molar-refractivity contribution < 1.29 is 19.1 Å². The first kappa shape index (κ1) is 18.7. The van der Waals surface area contributed by atoms with Crippen molar-refractivity contribution in [1.29, 1.82) is 0 Å². The Morgan fingerprint density at radius 2 is 1.82 bits per heavy atom. The lowest BCUT2D eigenvalue weighted by molar-refractivity contribution is -0.0400. The first-order valence-electron chi connectivity index (χ1n) is 9.49. The van der Waals surface area contributed by atoms with Gasteiger partial charge in [-0.05, 0) is 36.2 Å². The normalized spacial score (nSPS) is 19.8. The lowest BCUT2D eigenvalue weighted by atomic mass is 10.1. The summed E-state index contributed by atoms with van der Waals surface area (Å²) in [6.07, 6.45) is -0.185. The Balaban J connectivity index is 1.40. The van der Waals surface area contributed by atoms with Crippen LogP contribution in [0.2, 0.25) is 0 Å². The number of amides is 2. The van der Waals surface area contributed by atoms with E-state index in [-0.39, 0.29) is 24.5 Å². The second-order valence-corrected chi connectivity index (χ2v) is 7.30. The summed E-state index contributed by atoms with van der Waals surface area (Å²) in [5.41, 5.74) is 3.28. The highest BCUT2D eigenvalue weighted by molar-refractivity contribution is 6.21. The van der Waals surface area contributed by atoms with Crippen LogP contribution < -0.4 is 4.74 Å². The SMILES string of the molecule is COc1ccc(CN2CCO[C@H](CN3C(=O)c4ccccc4C3=O)C2)cc1C. The van der Waals surface area contributed by atoms with Crippen molar-refractivity contribution in [1.82, 2.24) is 9.80 Å². The van der Waals surface area contributed by atoms with Crippen molar-refractivity contribution >= 4 is 11.8 Å². The molecule has 1 saturated heterocycles. The first-order valence-corrected chi connectivity index (χ1v) is 9.49. The number of benzene rings is 2. The highest BCUT2D eigenvalue weighted by Crippen LogP contribution is 2.24. The van der Waals surface area contributed by atoms with Crippen LogP contribution in [0.25, 0.3) is 0 Å². The molecule has 28 heavy (non-hydrogen) atoms. The number of hydrogen-bond donors (Lipinski definition) is 0. The molecule has 2 amide bonds. The van der Waals surface area contributed by atoms with E-state index in [4.69, 9.17) is 9.47 Å². The van der Waals surface area contributed by atoms with E-state index in [1.54, 1.807) is 31.4 Å². The van der Waals surface area contributed by atoms with Gasteiger partial charge in [-0.15, -0.1) is 0 Å². The number of rotatable bonds is 5. The Kier molecular flexibility index (Phi) is 5.15. The molecule has 2 heterocycles. The zero-order valence-electron chi connectivity index (χ0n) is 16.2. The van der Waals surface area contributed by atoms with E-state index >= 15 is 0 Å². The van der Waals surface area contributed by atoms with E-state index in [2.05, 4.69) is 17.0 Å². The summed E-state index contributed by atoms with van der Waals surface area (Å²) in [4.78, 5) is 28.8. The molecular weight excluding hydrogens is 356 g/mol. The molecule has 2 aliphatic heterocycles. The summed E-state index contributed by atoms with van der Waals surface area (Å²) in [5.74, 6) is 0.424. The quantitative estimate of drug-likeness (QED) is 0.746. The van der Waals surface area contributed by atoms with Crippen molar-refractivity contribution in [3.8, 4) is 5.75 Å². The van der Waals surface area contributed by atoms with E-state index in [9.17, 15) is 9.59 Å². The van der Waals surface area contributed by atoms with Crippen molar-refractivity contribution in [3.63, 3.8) is 0 Å². The molecule has 146 valence electrons. The second kappa shape index (κ2) is 7.73. The van der Waals surface area contributed by atoms with Crippen LogP contribution in [0.15, 0.2) is 42.5 Å². The van der Waals surface area contributed by atoms with Gasteiger partial charge in [-0.25, -0.2) is 0 Å². The van der Waals surface area contributed by atoms with E-state index in [1.165, 1.54) is 10.5 Å². The summed E-state index contributed by atoms with van der Waals surface area (Å²) in [6.45, 7) is 5.20. The van der Waals surface area contributed by atoms with Crippen LogP contribution >= 0.6 is 0 Å². The molecule has 0 aromatic heterocycles. The van der Waals surface area contributed by atoms with Crippen LogP contribution in [0.1, 0.15) is 31.8 Å². The average Bonchev–Trinajstić information content (AvgIpc) is 2.94. The summed E-state index contributed by atoms with van der Waals surface area (Å²) >= 11 is 0. The van der Waals surface area contributed by atoms with E-state index < -0.39 is 0 Å². The second-order valence-electron chi connectivity index (χ2n) is 7.30. The zero-order chi connectivity index (χ0) is 19.7. The molecule has 2 aromatic carbocycles. The third-order valence-corrected chi connectivity index (χ3v) is 5.35. The fourth-order valence-corrected chi connectivity index (χ4v) is 3.94. The number of hydrogen-bond acceptors (Lipinski definition) is 5. The Morgan fingerprint density at radius 3 is 2.46 bits per heavy atom. The molecule has 4 rings (SSSR count). The number of carbonyl (C=O) groups excluding carboxylic acids is 2. The molecule has 6 heteroatoms. The minimum absolute atomic E-state index is 0.185. The summed E-state index contributed by atoms with van der Waals surface area (Å²) in [7, 11) is 1.67. The van der Waals surface area contributed by atoms with Crippen LogP contribution in [0.4, 0.5) is 0 Å². The minimum Gasteiger partial charge on any atom is -0.496 e. The Bertz CT molecular complexity index is 876. The summed E-state index contributed by atoms with van der Waals surface area (Å²) < 4.78 is 11.2. The zero-order valence-corrected chi connectivity index (χ0v) is 16.2. The van der Waals surface area contributed by atoms with Crippen LogP contribution in [0, 0.1) is 6.92 Å². The highest BCUT2D eigenvalue weighted by atomic mass is 16.5. The van der Waals surface area contributed by atoms with Gasteiger partial charge in [0.05, 0.1) is 37.5 Å². The predicted molar refractivity (Wildman–Crippen MR) is 105 cm³/mol. The molecule has 2 aliphatic rings. The molecule has 6 nitrogen and oxygen atoms in total. The number of carbonyl (C=O) groups is 2. The molecule has 2 aromatic rings. The molecule has 0 radical (unpaired) electrons. The number of morpholine rings is 1. The van der Waals surface area contributed by atoms with Crippen LogP contribution in [-0.2, 0) is 11.3 Å². The third-order valence-electron chi connectivity index (χ3n) is 5.35. The van der Waals surface area contributed by atoms with E-state index in [1.807, 2.05) is 13.0 Å². The van der Waals surface area contributed by atoms with Gasteiger partial charge in [-0.2, -0.15) is 0 Å². The van der Waals surface area contributed by atoms with Gasteiger partial charge in [0.15, 0.2) is 0 Å². The van der Waals surface area contributed by atoms with Crippen molar-refractivity contribution in [3.05, 3.63) is 64.7 Å². The lowest BCUT2D eigenvalue weighted by Crippen LogP contribution is -2.48. The van der Waals surface area contributed by atoms with Crippen LogP contribution in [0.5, 0.6) is 5.75 Å². The largest absolute Gasteiger partial charge is 0.496 e. The number of imide groups is 1. The van der Waals surface area contributed by atoms with Crippen molar-refractivity contribution in [2.75, 3.05) is 33.4 Å². The van der Waals surface area contributed by atoms with Gasteiger partial charge < -0.3 is 9.47 Å². The molecule has 1 fully saturated rings. The number of fused-ring (bicyclic) bond motifs is 1. The highest BCUT2D eigenvalue weighted by Gasteiger charge is 2.37. The minimum atomic E-state index is -0.230. The average molecular weight is 380 g/mol. The fourth-order valence-electron chi connectivity index (χ4n) is 3.94. The van der Waals surface area contributed by atoms with Gasteiger partial charge in [0.1, 0.15) is 5.75 Å². The Morgan fingerprint density at radius 1 is 1.11 bits per heavy atom. The maximum Gasteiger partial charge on any atom is 0.261 e. The van der Waals surface area contributed by atoms with Crippen molar-refractivity contribution in [2.24, 2.45) is 0 Å². The van der Waals surface area contributed by atoms with E-state index in [0.29, 0.717) is 24.3 Å². The number of methoxy groups -OCH3 is 1. The molecule has 1 atom stereocenters. The smallest absolute Gasteiger partial charge is 0.261 e. The number of aryl methyl sites for hydroxylation is 1. The van der Waals surface area contributed by atoms with Gasteiger partial charge in [-0.3, -0.25) is 19.4 Å². The van der Waals surface area contributed by atoms with Gasteiger partial charge in [-0.1, -0.05) is 24.3 Å². The third kappa shape index (κ3) is 3.53. The summed E-state index contributed by atoms with van der Waals surface area (Å²) in [5, 5.41) is 0. The predicted octanol–water partition coefficient (Wildman–Crippen LogP) is 2.50. The van der Waals surface area contributed by atoms with Gasteiger partial charge in [0.25, 0.3) is 11.8 Å². The van der Waals surface area contributed by atoms with Crippen LogP contribution in [-0.4, -0.2) is 61.1 Å². The number of nitrogens with zero attached hydrogens (tertiary/aromatic N) is 2. The molecule has 0 saturated carbocycles. The van der Waals surface area contributed by atoms with Crippen molar-refractivity contribution in [2.45, 2.75) is 19.6 Å². The van der Waals surface area contributed by atoms with Gasteiger partial charge >= 0.3 is 0 Å². The fraction of sp³-hybridized carbons (Fsp3) is 0.364. The molecule has 0 unspecified atom stereocenters. The van der Waals surface area contributed by atoms with Crippen LogP contribution in [0.3, 0.4) is 0 Å². The lowest BCUT2D eigenvalue weighted by Gasteiger charge is -2.34. The van der Waals surface area contributed by atoms with Gasteiger partial charge in [0.2, 0.25) is 0 Å². The molecule has 0 spiro atoms. The Labute approximate surface area is 164 Å². The summed E-state index contributed by atoms with van der Waals surface area (Å²) in [6, 6.07) is 13.2. The topological polar surface area (TPSA) is 59.1 Å². The molecule has 0 bridgehead atoms. The number of ether oxygens (including phenoxy) is 2. The molecular formula is C22H24N2O4. The monoisotopic (exact) mass is 380 g/mol. The van der Waals surface area contributed by atoms with Gasteiger partial charge in [0, 0.05) is 19.6 Å². The Hall–Kier alpha value is -2.70. The molecule has 0 aliphatic carbocycles. The maximum absolute atomic E-state index is 12.6. The first-order chi connectivity index (χ1) is 13.6. The standard InChI is InChI=1S/C22H24N2O4/c1-15-11-16(7-8-20(15)27-2)12-23-9-10-28-17(13-23)14-24-21(25)18-5-3-4-6-19(18)22(24)26/h3-8,11,17H,9-10,12-14H2,1-2H3/t17-/m0/s1. The van der Waals surface area contributed by atoms with E-state index in [0.717, 1.165) is 24.4 Å².